The van der Waals surface area contributed by atoms with E-state index in [1.54, 1.807) is 19.1 Å². The summed E-state index contributed by atoms with van der Waals surface area (Å²) >= 11 is 0. The lowest BCUT2D eigenvalue weighted by Gasteiger charge is -2.20. The molecule has 5 heteroatoms. The number of nitro groups is 1. The van der Waals surface area contributed by atoms with E-state index in [1.807, 2.05) is 19.9 Å². The zero-order valence-electron chi connectivity index (χ0n) is 11.0. The highest BCUT2D eigenvalue weighted by Crippen LogP contribution is 2.23. The molecule has 1 aromatic carbocycles. The molecule has 0 spiro atoms. The van der Waals surface area contributed by atoms with E-state index in [1.165, 1.54) is 0 Å². The number of nitrogens with one attached hydrogen (secondary N) is 1. The van der Waals surface area contributed by atoms with Crippen molar-refractivity contribution in [3.63, 3.8) is 0 Å². The molecule has 18 heavy (non-hydrogen) atoms. The Morgan fingerprint density at radius 3 is 2.67 bits per heavy atom. The summed E-state index contributed by atoms with van der Waals surface area (Å²) in [6, 6.07) is 5.22. The number of hydrogen-bond donors (Lipinski definition) is 2. The predicted molar refractivity (Wildman–Crippen MR) is 70.5 cm³/mol. The lowest BCUT2D eigenvalue weighted by molar-refractivity contribution is -0.385. The topological polar surface area (TPSA) is 75.4 Å². The van der Waals surface area contributed by atoms with Gasteiger partial charge in [0.25, 0.3) is 5.69 Å². The maximum Gasteiger partial charge on any atom is 0.272 e. The summed E-state index contributed by atoms with van der Waals surface area (Å²) in [6.07, 6.45) is 0.814. The van der Waals surface area contributed by atoms with Crippen LogP contribution in [0.3, 0.4) is 0 Å². The second-order valence-electron chi connectivity index (χ2n) is 4.48. The van der Waals surface area contributed by atoms with Gasteiger partial charge in [0.2, 0.25) is 0 Å². The number of nitrogens with zero attached hydrogens (tertiary/aromatic N) is 1. The molecule has 1 rings (SSSR count). The number of nitro benzene ring substituents is 1. The maximum atomic E-state index is 10.9. The number of rotatable bonds is 6. The molecule has 0 aliphatic carbocycles. The van der Waals surface area contributed by atoms with Crippen LogP contribution in [0.1, 0.15) is 37.4 Å². The van der Waals surface area contributed by atoms with Crippen LogP contribution >= 0.6 is 0 Å². The van der Waals surface area contributed by atoms with E-state index < -0.39 is 0 Å². The van der Waals surface area contributed by atoms with Crippen LogP contribution in [-0.2, 0) is 0 Å². The molecule has 0 fully saturated rings. The monoisotopic (exact) mass is 252 g/mol. The highest BCUT2D eigenvalue weighted by molar-refractivity contribution is 5.43. The summed E-state index contributed by atoms with van der Waals surface area (Å²) in [5.74, 6) is 0. The van der Waals surface area contributed by atoms with Crippen LogP contribution in [0.2, 0.25) is 0 Å². The number of aliphatic hydroxyl groups excluding tert-OH is 1. The van der Waals surface area contributed by atoms with Crippen molar-refractivity contribution in [1.29, 1.82) is 0 Å². The van der Waals surface area contributed by atoms with Crippen molar-refractivity contribution in [2.24, 2.45) is 0 Å². The average Bonchev–Trinajstić information content (AvgIpc) is 2.35. The zero-order valence-corrected chi connectivity index (χ0v) is 11.0. The normalized spacial score (nSPS) is 14.2. The third kappa shape index (κ3) is 3.51. The Morgan fingerprint density at radius 1 is 1.50 bits per heavy atom. The molecule has 0 bridgehead atoms. The molecule has 0 saturated heterocycles. The van der Waals surface area contributed by atoms with Gasteiger partial charge in [-0.25, -0.2) is 0 Å². The van der Waals surface area contributed by atoms with Crippen molar-refractivity contribution in [2.75, 3.05) is 6.61 Å². The van der Waals surface area contributed by atoms with Gasteiger partial charge in [0.1, 0.15) is 0 Å². The largest absolute Gasteiger partial charge is 0.395 e. The van der Waals surface area contributed by atoms with Gasteiger partial charge < -0.3 is 10.4 Å². The van der Waals surface area contributed by atoms with E-state index in [-0.39, 0.29) is 29.3 Å². The molecule has 0 amide bonds. The summed E-state index contributed by atoms with van der Waals surface area (Å²) in [6.45, 7) is 5.71. The van der Waals surface area contributed by atoms with Gasteiger partial charge in [-0.15, -0.1) is 0 Å². The van der Waals surface area contributed by atoms with Crippen molar-refractivity contribution in [3.05, 3.63) is 39.4 Å². The van der Waals surface area contributed by atoms with E-state index >= 15 is 0 Å². The van der Waals surface area contributed by atoms with Crippen LogP contribution in [0, 0.1) is 17.0 Å². The van der Waals surface area contributed by atoms with E-state index in [0.29, 0.717) is 5.56 Å². The minimum atomic E-state index is -0.366. The predicted octanol–water partition coefficient (Wildman–Crippen LogP) is 2.32. The summed E-state index contributed by atoms with van der Waals surface area (Å²) in [5.41, 5.74) is 1.66. The van der Waals surface area contributed by atoms with Crippen LogP contribution in [-0.4, -0.2) is 22.7 Å². The summed E-state index contributed by atoms with van der Waals surface area (Å²) in [7, 11) is 0. The molecule has 2 unspecified atom stereocenters. The molecule has 0 saturated carbocycles. The van der Waals surface area contributed by atoms with E-state index in [0.717, 1.165) is 12.0 Å². The van der Waals surface area contributed by atoms with Gasteiger partial charge in [-0.2, -0.15) is 0 Å². The molecule has 0 aliphatic rings. The van der Waals surface area contributed by atoms with Gasteiger partial charge in [0.15, 0.2) is 0 Å². The fraction of sp³-hybridized carbons (Fsp3) is 0.538. The molecule has 1 aromatic rings. The molecule has 0 heterocycles. The van der Waals surface area contributed by atoms with Crippen molar-refractivity contribution < 1.29 is 10.0 Å². The molecular formula is C13H20N2O3. The number of hydrogen-bond acceptors (Lipinski definition) is 4. The lowest BCUT2D eigenvalue weighted by atomic mass is 10.0. The number of aliphatic hydroxyl groups is 1. The minimum absolute atomic E-state index is 0.0142. The minimum Gasteiger partial charge on any atom is -0.395 e. The molecule has 2 N–H and O–H groups in total. The standard InChI is InChI=1S/C13H20N2O3/c1-4-12(8-16)14-10(3)11-6-5-9(2)13(7-11)15(17)18/h5-7,10,12,14,16H,4,8H2,1-3H3. The van der Waals surface area contributed by atoms with Crippen LogP contribution < -0.4 is 5.32 Å². The summed E-state index contributed by atoms with van der Waals surface area (Å²) < 4.78 is 0. The molecule has 0 aromatic heterocycles. The first kappa shape index (κ1) is 14.6. The Bertz CT molecular complexity index is 417. The average molecular weight is 252 g/mol. The van der Waals surface area contributed by atoms with Gasteiger partial charge in [0.05, 0.1) is 11.5 Å². The third-order valence-corrected chi connectivity index (χ3v) is 3.13. The Morgan fingerprint density at radius 2 is 2.17 bits per heavy atom. The molecule has 0 aliphatic heterocycles. The van der Waals surface area contributed by atoms with E-state index in [2.05, 4.69) is 5.32 Å². The fourth-order valence-corrected chi connectivity index (χ4v) is 1.84. The number of aryl methyl sites for hydroxylation is 1. The van der Waals surface area contributed by atoms with E-state index in [4.69, 9.17) is 5.11 Å². The highest BCUT2D eigenvalue weighted by atomic mass is 16.6. The van der Waals surface area contributed by atoms with Crippen molar-refractivity contribution in [3.8, 4) is 0 Å². The first-order valence-electron chi connectivity index (χ1n) is 6.11. The maximum absolute atomic E-state index is 10.9. The Hall–Kier alpha value is -1.46. The van der Waals surface area contributed by atoms with Gasteiger partial charge in [-0.05, 0) is 25.8 Å². The highest BCUT2D eigenvalue weighted by Gasteiger charge is 2.16. The SMILES string of the molecule is CCC(CO)NC(C)c1ccc(C)c([N+](=O)[O-])c1. The van der Waals surface area contributed by atoms with Crippen LogP contribution in [0.4, 0.5) is 5.69 Å². The Balaban J connectivity index is 2.89. The third-order valence-electron chi connectivity index (χ3n) is 3.13. The summed E-state index contributed by atoms with van der Waals surface area (Å²) in [5, 5.41) is 23.3. The second-order valence-corrected chi connectivity index (χ2v) is 4.48. The summed E-state index contributed by atoms with van der Waals surface area (Å²) in [4.78, 5) is 10.5. The smallest absolute Gasteiger partial charge is 0.272 e. The molecule has 5 nitrogen and oxygen atoms in total. The second kappa shape index (κ2) is 6.47. The first-order chi connectivity index (χ1) is 8.49. The van der Waals surface area contributed by atoms with Crippen molar-refractivity contribution in [2.45, 2.75) is 39.3 Å². The molecular weight excluding hydrogens is 232 g/mol. The van der Waals surface area contributed by atoms with Crippen LogP contribution in [0.15, 0.2) is 18.2 Å². The van der Waals surface area contributed by atoms with Crippen molar-refractivity contribution >= 4 is 5.69 Å². The van der Waals surface area contributed by atoms with Crippen LogP contribution in [0.25, 0.3) is 0 Å². The number of benzene rings is 1. The van der Waals surface area contributed by atoms with Gasteiger partial charge in [-0.1, -0.05) is 19.1 Å². The Labute approximate surface area is 107 Å². The quantitative estimate of drug-likeness (QED) is 0.602. The lowest BCUT2D eigenvalue weighted by Crippen LogP contribution is -2.33. The molecule has 100 valence electrons. The fourth-order valence-electron chi connectivity index (χ4n) is 1.84. The Kier molecular flexibility index (Phi) is 5.25. The van der Waals surface area contributed by atoms with Crippen molar-refractivity contribution in [1.82, 2.24) is 5.32 Å². The van der Waals surface area contributed by atoms with Gasteiger partial charge >= 0.3 is 0 Å². The molecule has 2 atom stereocenters. The van der Waals surface area contributed by atoms with Gasteiger partial charge in [0, 0.05) is 23.7 Å². The molecule has 0 radical (unpaired) electrons. The van der Waals surface area contributed by atoms with Gasteiger partial charge in [-0.3, -0.25) is 10.1 Å². The van der Waals surface area contributed by atoms with E-state index in [9.17, 15) is 10.1 Å². The zero-order chi connectivity index (χ0) is 13.7. The first-order valence-corrected chi connectivity index (χ1v) is 6.11. The van der Waals surface area contributed by atoms with Crippen LogP contribution in [0.5, 0.6) is 0 Å².